The van der Waals surface area contributed by atoms with E-state index in [9.17, 15) is 4.79 Å². The molecule has 6 nitrogen and oxygen atoms in total. The Balaban J connectivity index is 1.42. The molecule has 2 aliphatic rings. The summed E-state index contributed by atoms with van der Waals surface area (Å²) in [6, 6.07) is 8.64. The Bertz CT molecular complexity index is 561. The van der Waals surface area contributed by atoms with Crippen molar-refractivity contribution in [3.05, 3.63) is 35.4 Å². The van der Waals surface area contributed by atoms with E-state index in [2.05, 4.69) is 15.1 Å². The number of nitrogens with one attached hydrogen (secondary N) is 1. The van der Waals surface area contributed by atoms with Crippen molar-refractivity contribution in [2.45, 2.75) is 25.6 Å². The van der Waals surface area contributed by atoms with Crippen molar-refractivity contribution in [1.29, 1.82) is 0 Å². The van der Waals surface area contributed by atoms with Crippen LogP contribution < -0.4 is 5.32 Å². The summed E-state index contributed by atoms with van der Waals surface area (Å²) in [5, 5.41) is 3.05. The summed E-state index contributed by atoms with van der Waals surface area (Å²) in [5.74, 6) is 0.0925. The highest BCUT2D eigenvalue weighted by molar-refractivity contribution is 5.78. The number of hydrogen-bond acceptors (Lipinski definition) is 5. The first-order valence-electron chi connectivity index (χ1n) is 9.13. The van der Waals surface area contributed by atoms with Crippen LogP contribution in [0.5, 0.6) is 0 Å². The van der Waals surface area contributed by atoms with Crippen LogP contribution in [0.3, 0.4) is 0 Å². The fourth-order valence-corrected chi connectivity index (χ4v) is 3.68. The lowest BCUT2D eigenvalue weighted by atomic mass is 10.1. The number of hydrogen-bond donors (Lipinski definition) is 1. The quantitative estimate of drug-likeness (QED) is 0.793. The lowest BCUT2D eigenvalue weighted by Gasteiger charge is -2.32. The van der Waals surface area contributed by atoms with Crippen LogP contribution in [0.2, 0.25) is 0 Å². The van der Waals surface area contributed by atoms with Gasteiger partial charge in [0.15, 0.2) is 0 Å². The molecule has 2 heterocycles. The van der Waals surface area contributed by atoms with Gasteiger partial charge in [0.25, 0.3) is 0 Å². The number of carbonyl (C=O) groups is 1. The van der Waals surface area contributed by atoms with Crippen molar-refractivity contribution >= 4 is 5.91 Å². The highest BCUT2D eigenvalue weighted by atomic mass is 16.5. The highest BCUT2D eigenvalue weighted by Crippen LogP contribution is 2.16. The first kappa shape index (κ1) is 18.3. The average molecular weight is 347 g/mol. The number of ether oxygens (including phenoxy) is 2. The summed E-state index contributed by atoms with van der Waals surface area (Å²) in [6.07, 6.45) is 1.14. The van der Waals surface area contributed by atoms with Crippen LogP contribution in [-0.4, -0.2) is 74.8 Å². The minimum absolute atomic E-state index is 0.0925. The Labute approximate surface area is 150 Å². The smallest absolute Gasteiger partial charge is 0.234 e. The second kappa shape index (κ2) is 9.29. The van der Waals surface area contributed by atoms with E-state index in [1.54, 1.807) is 7.11 Å². The molecule has 1 atom stereocenters. The van der Waals surface area contributed by atoms with Crippen LogP contribution in [0.25, 0.3) is 0 Å². The average Bonchev–Trinajstić information content (AvgIpc) is 3.10. The largest absolute Gasteiger partial charge is 0.380 e. The van der Waals surface area contributed by atoms with Crippen LogP contribution in [0.15, 0.2) is 24.3 Å². The summed E-state index contributed by atoms with van der Waals surface area (Å²) < 4.78 is 10.6. The van der Waals surface area contributed by atoms with Gasteiger partial charge in [0.1, 0.15) is 0 Å². The maximum atomic E-state index is 12.3. The number of benzene rings is 1. The van der Waals surface area contributed by atoms with E-state index in [0.29, 0.717) is 25.7 Å². The predicted molar refractivity (Wildman–Crippen MR) is 96.2 cm³/mol. The number of likely N-dealkylation sites (tertiary alicyclic amines) is 1. The molecule has 0 aliphatic carbocycles. The molecule has 2 fully saturated rings. The van der Waals surface area contributed by atoms with Gasteiger partial charge in [0.05, 0.1) is 26.4 Å². The Morgan fingerprint density at radius 2 is 2.00 bits per heavy atom. The van der Waals surface area contributed by atoms with Crippen molar-refractivity contribution in [1.82, 2.24) is 15.1 Å². The molecule has 0 aromatic heterocycles. The van der Waals surface area contributed by atoms with E-state index < -0.39 is 0 Å². The van der Waals surface area contributed by atoms with Gasteiger partial charge in [-0.3, -0.25) is 14.6 Å². The minimum atomic E-state index is 0.0925. The number of carbonyl (C=O) groups excluding carboxylic acids is 1. The zero-order chi connectivity index (χ0) is 17.5. The minimum Gasteiger partial charge on any atom is -0.380 e. The number of nitrogens with zero attached hydrogens (tertiary/aromatic N) is 2. The third-order valence-electron chi connectivity index (χ3n) is 5.07. The third-order valence-corrected chi connectivity index (χ3v) is 5.07. The fraction of sp³-hybridized carbons (Fsp3) is 0.632. The van der Waals surface area contributed by atoms with Gasteiger partial charge in [0.2, 0.25) is 5.91 Å². The normalized spacial score (nSPS) is 22.2. The Hall–Kier alpha value is -1.47. The summed E-state index contributed by atoms with van der Waals surface area (Å²) in [4.78, 5) is 17.1. The topological polar surface area (TPSA) is 54.0 Å². The van der Waals surface area contributed by atoms with E-state index >= 15 is 0 Å². The van der Waals surface area contributed by atoms with E-state index in [4.69, 9.17) is 9.47 Å². The van der Waals surface area contributed by atoms with Crippen molar-refractivity contribution in [2.75, 3.05) is 53.0 Å². The second-order valence-corrected chi connectivity index (χ2v) is 6.80. The van der Waals surface area contributed by atoms with Gasteiger partial charge >= 0.3 is 0 Å². The number of rotatable bonds is 7. The Morgan fingerprint density at radius 1 is 1.24 bits per heavy atom. The first-order chi connectivity index (χ1) is 12.3. The zero-order valence-corrected chi connectivity index (χ0v) is 15.1. The fourth-order valence-electron chi connectivity index (χ4n) is 3.68. The number of methoxy groups -OCH3 is 1. The monoisotopic (exact) mass is 347 g/mol. The summed E-state index contributed by atoms with van der Waals surface area (Å²) in [7, 11) is 1.69. The van der Waals surface area contributed by atoms with Gasteiger partial charge in [0, 0.05) is 45.9 Å². The maximum Gasteiger partial charge on any atom is 0.234 e. The number of morpholine rings is 1. The molecule has 1 amide bonds. The van der Waals surface area contributed by atoms with Crippen LogP contribution in [0.4, 0.5) is 0 Å². The standard InChI is InChI=1S/C19H29N3O3/c1-24-15-17-5-3-2-4-16(17)12-20-19(23)14-21-7-6-18(13-21)22-8-10-25-11-9-22/h2-5,18H,6-15H2,1H3,(H,20,23). The first-order valence-corrected chi connectivity index (χ1v) is 9.13. The van der Waals surface area contributed by atoms with Gasteiger partial charge < -0.3 is 14.8 Å². The van der Waals surface area contributed by atoms with Crippen molar-refractivity contribution in [2.24, 2.45) is 0 Å². The SMILES string of the molecule is COCc1ccccc1CNC(=O)CN1CCC(N2CCOCC2)C1. The molecule has 25 heavy (non-hydrogen) atoms. The highest BCUT2D eigenvalue weighted by Gasteiger charge is 2.29. The predicted octanol–water partition coefficient (Wildman–Crippen LogP) is 0.856. The van der Waals surface area contributed by atoms with Gasteiger partial charge in [-0.2, -0.15) is 0 Å². The molecule has 0 radical (unpaired) electrons. The summed E-state index contributed by atoms with van der Waals surface area (Å²) >= 11 is 0. The van der Waals surface area contributed by atoms with Crippen LogP contribution >= 0.6 is 0 Å². The van der Waals surface area contributed by atoms with E-state index in [1.165, 1.54) is 0 Å². The Kier molecular flexibility index (Phi) is 6.81. The molecular formula is C19H29N3O3. The van der Waals surface area contributed by atoms with Crippen molar-refractivity contribution in [3.8, 4) is 0 Å². The van der Waals surface area contributed by atoms with E-state index in [1.807, 2.05) is 24.3 Å². The molecule has 0 spiro atoms. The van der Waals surface area contributed by atoms with Crippen LogP contribution in [0.1, 0.15) is 17.5 Å². The molecule has 3 rings (SSSR count). The maximum absolute atomic E-state index is 12.3. The molecule has 0 bridgehead atoms. The molecule has 2 aliphatic heterocycles. The molecule has 138 valence electrons. The van der Waals surface area contributed by atoms with E-state index in [-0.39, 0.29) is 5.91 Å². The van der Waals surface area contributed by atoms with Gasteiger partial charge in [-0.25, -0.2) is 0 Å². The lowest BCUT2D eigenvalue weighted by molar-refractivity contribution is -0.122. The molecule has 1 aromatic rings. The van der Waals surface area contributed by atoms with Gasteiger partial charge in [-0.1, -0.05) is 24.3 Å². The molecule has 6 heteroatoms. The molecule has 2 saturated heterocycles. The summed E-state index contributed by atoms with van der Waals surface area (Å²) in [6.45, 7) is 7.27. The number of amides is 1. The second-order valence-electron chi connectivity index (χ2n) is 6.80. The third kappa shape index (κ3) is 5.25. The summed E-state index contributed by atoms with van der Waals surface area (Å²) in [5.41, 5.74) is 2.24. The Morgan fingerprint density at radius 3 is 2.76 bits per heavy atom. The van der Waals surface area contributed by atoms with Gasteiger partial charge in [-0.05, 0) is 17.5 Å². The van der Waals surface area contributed by atoms with Crippen LogP contribution in [0, 0.1) is 0 Å². The molecule has 1 unspecified atom stereocenters. The zero-order valence-electron chi connectivity index (χ0n) is 15.1. The van der Waals surface area contributed by atoms with Crippen LogP contribution in [-0.2, 0) is 27.4 Å². The molecule has 1 aromatic carbocycles. The molecular weight excluding hydrogens is 318 g/mol. The van der Waals surface area contributed by atoms with E-state index in [0.717, 1.165) is 56.9 Å². The van der Waals surface area contributed by atoms with Crippen molar-refractivity contribution in [3.63, 3.8) is 0 Å². The molecule has 1 N–H and O–H groups in total. The molecule has 0 saturated carbocycles. The van der Waals surface area contributed by atoms with Crippen molar-refractivity contribution < 1.29 is 14.3 Å². The van der Waals surface area contributed by atoms with Gasteiger partial charge in [-0.15, -0.1) is 0 Å². The lowest BCUT2D eigenvalue weighted by Crippen LogP contribution is -2.45.